The van der Waals surface area contributed by atoms with Crippen LogP contribution in [0.25, 0.3) is 4.48 Å². The molecule has 0 N–H and O–H groups in total. The summed E-state index contributed by atoms with van der Waals surface area (Å²) in [7, 11) is 0. The Morgan fingerprint density at radius 2 is 1.19 bits per heavy atom. The zero-order valence-corrected chi connectivity index (χ0v) is 15.3. The van der Waals surface area contributed by atoms with Crippen molar-refractivity contribution in [1.29, 1.82) is 0 Å². The Morgan fingerprint density at radius 3 is 1.69 bits per heavy atom. The van der Waals surface area contributed by atoms with E-state index >= 15 is 0 Å². The summed E-state index contributed by atoms with van der Waals surface area (Å²) in [6.45, 7) is 0. The smallest absolute Gasteiger partial charge is 0.166 e. The van der Waals surface area contributed by atoms with Gasteiger partial charge in [0.2, 0.25) is 0 Å². The van der Waals surface area contributed by atoms with E-state index in [0.717, 1.165) is 17.2 Å². The molecule has 0 saturated carbocycles. The molecule has 0 heterocycles. The molecule has 0 aliphatic carbocycles. The van der Waals surface area contributed by atoms with Crippen LogP contribution in [-0.2, 0) is 6.18 Å². The van der Waals surface area contributed by atoms with Crippen LogP contribution in [0.2, 0.25) is 0 Å². The highest BCUT2D eigenvalue weighted by atomic mass is 79.9. The number of alkyl halides is 3. The minimum Gasteiger partial charge on any atom is -0.166 e. The summed E-state index contributed by atoms with van der Waals surface area (Å²) < 4.78 is 40.5. The molecule has 4 heteroatoms. The van der Waals surface area contributed by atoms with Crippen molar-refractivity contribution in [3.05, 3.63) is 113 Å². The van der Waals surface area contributed by atoms with Gasteiger partial charge in [0.05, 0.1) is 5.56 Å². The zero-order chi connectivity index (χ0) is 18.6. The number of hydrogen-bond donors (Lipinski definition) is 0. The Bertz CT molecular complexity index is 845. The molecule has 26 heavy (non-hydrogen) atoms. The molecule has 132 valence electrons. The maximum atomic E-state index is 13.3. The average molecular weight is 417 g/mol. The van der Waals surface area contributed by atoms with Gasteiger partial charge in [-0.1, -0.05) is 101 Å². The third kappa shape index (κ3) is 4.25. The molecule has 0 nitrogen and oxygen atoms in total. The van der Waals surface area contributed by atoms with Crippen LogP contribution in [0.4, 0.5) is 13.2 Å². The summed E-state index contributed by atoms with van der Waals surface area (Å²) >= 11 is 3.39. The molecule has 0 amide bonds. The van der Waals surface area contributed by atoms with Crippen LogP contribution in [0.1, 0.15) is 28.2 Å². The second-order valence-corrected chi connectivity index (χ2v) is 6.71. The van der Waals surface area contributed by atoms with Crippen LogP contribution >= 0.6 is 15.9 Å². The number of halogens is 4. The average Bonchev–Trinajstić information content (AvgIpc) is 2.66. The van der Waals surface area contributed by atoms with Gasteiger partial charge in [0, 0.05) is 16.0 Å². The number of benzene rings is 3. The van der Waals surface area contributed by atoms with Crippen LogP contribution in [0.5, 0.6) is 0 Å². The summed E-state index contributed by atoms with van der Waals surface area (Å²) in [5, 5.41) is 0. The molecule has 0 bridgehead atoms. The lowest BCUT2D eigenvalue weighted by Gasteiger charge is -2.17. The molecular weight excluding hydrogens is 401 g/mol. The molecule has 0 aliphatic heterocycles. The molecule has 0 aromatic heterocycles. The van der Waals surface area contributed by atoms with Gasteiger partial charge in [-0.05, 0) is 17.2 Å². The Kier molecular flexibility index (Phi) is 5.62. The van der Waals surface area contributed by atoms with E-state index in [2.05, 4.69) is 15.9 Å². The molecule has 0 saturated heterocycles. The van der Waals surface area contributed by atoms with Gasteiger partial charge in [-0.15, -0.1) is 0 Å². The quantitative estimate of drug-likeness (QED) is 0.419. The number of hydrogen-bond acceptors (Lipinski definition) is 0. The highest BCUT2D eigenvalue weighted by molar-refractivity contribution is 9.15. The minimum atomic E-state index is -4.40. The molecule has 0 radical (unpaired) electrons. The third-order valence-corrected chi connectivity index (χ3v) is 4.81. The van der Waals surface area contributed by atoms with E-state index < -0.39 is 11.7 Å². The lowest BCUT2D eigenvalue weighted by atomic mass is 9.90. The van der Waals surface area contributed by atoms with Crippen LogP contribution in [0.3, 0.4) is 0 Å². The lowest BCUT2D eigenvalue weighted by molar-refractivity contribution is -0.137. The summed E-state index contributed by atoms with van der Waals surface area (Å²) in [4.78, 5) is 0. The van der Waals surface area contributed by atoms with Crippen molar-refractivity contribution < 1.29 is 13.2 Å². The molecule has 3 aromatic rings. The third-order valence-electron chi connectivity index (χ3n) is 4.12. The predicted molar refractivity (Wildman–Crippen MR) is 103 cm³/mol. The maximum absolute atomic E-state index is 13.3. The van der Waals surface area contributed by atoms with E-state index in [9.17, 15) is 13.2 Å². The second kappa shape index (κ2) is 7.92. The van der Waals surface area contributed by atoms with Crippen molar-refractivity contribution in [2.24, 2.45) is 0 Å². The highest BCUT2D eigenvalue weighted by Gasteiger charge is 2.33. The van der Waals surface area contributed by atoms with Crippen LogP contribution in [0.15, 0.2) is 91.0 Å². The fourth-order valence-electron chi connectivity index (χ4n) is 2.88. The van der Waals surface area contributed by atoms with E-state index in [1.165, 1.54) is 12.1 Å². The normalized spacial score (nSPS) is 12.4. The van der Waals surface area contributed by atoms with Gasteiger partial charge in [-0.25, -0.2) is 0 Å². The lowest BCUT2D eigenvalue weighted by Crippen LogP contribution is -2.08. The van der Waals surface area contributed by atoms with Crippen LogP contribution in [-0.4, -0.2) is 0 Å². The summed E-state index contributed by atoms with van der Waals surface area (Å²) in [6, 6.07) is 25.1. The second-order valence-electron chi connectivity index (χ2n) is 5.86. The SMILES string of the molecule is FC(F)(F)c1ccccc1/C(Br)=C\C(c1ccccc1)c1ccccc1. The van der Waals surface area contributed by atoms with Gasteiger partial charge < -0.3 is 0 Å². The fraction of sp³-hybridized carbons (Fsp3) is 0.0909. The first-order valence-corrected chi connectivity index (χ1v) is 8.90. The summed E-state index contributed by atoms with van der Waals surface area (Å²) in [5.74, 6) is -0.159. The van der Waals surface area contributed by atoms with Gasteiger partial charge in [0.15, 0.2) is 0 Å². The van der Waals surface area contributed by atoms with E-state index in [-0.39, 0.29) is 11.5 Å². The topological polar surface area (TPSA) is 0 Å². The van der Waals surface area contributed by atoms with E-state index in [0.29, 0.717) is 4.48 Å². The molecule has 0 atom stereocenters. The first-order chi connectivity index (χ1) is 12.5. The van der Waals surface area contributed by atoms with Crippen molar-refractivity contribution in [2.75, 3.05) is 0 Å². The van der Waals surface area contributed by atoms with E-state index in [1.807, 2.05) is 66.7 Å². The largest absolute Gasteiger partial charge is 0.417 e. The maximum Gasteiger partial charge on any atom is 0.417 e. The van der Waals surface area contributed by atoms with Crippen molar-refractivity contribution in [3.63, 3.8) is 0 Å². The Labute approximate surface area is 159 Å². The van der Waals surface area contributed by atoms with Crippen molar-refractivity contribution in [1.82, 2.24) is 0 Å². The van der Waals surface area contributed by atoms with E-state index in [1.54, 1.807) is 6.07 Å². The summed E-state index contributed by atoms with van der Waals surface area (Å²) in [6.07, 6.45) is -2.58. The molecular formula is C22H16BrF3. The first kappa shape index (κ1) is 18.5. The molecule has 0 spiro atoms. The first-order valence-electron chi connectivity index (χ1n) is 8.10. The Balaban J connectivity index is 2.10. The molecule has 3 rings (SSSR count). The molecule has 0 unspecified atom stereocenters. The van der Waals surface area contributed by atoms with Crippen molar-refractivity contribution in [3.8, 4) is 0 Å². The van der Waals surface area contributed by atoms with Gasteiger partial charge in [-0.3, -0.25) is 0 Å². The molecule has 3 aromatic carbocycles. The van der Waals surface area contributed by atoms with Gasteiger partial charge >= 0.3 is 6.18 Å². The Morgan fingerprint density at radius 1 is 0.731 bits per heavy atom. The van der Waals surface area contributed by atoms with Crippen molar-refractivity contribution in [2.45, 2.75) is 12.1 Å². The molecule has 0 fully saturated rings. The zero-order valence-electron chi connectivity index (χ0n) is 13.7. The number of allylic oxidation sites excluding steroid dienone is 1. The standard InChI is InChI=1S/C22H16BrF3/c23-21(18-13-7-8-14-20(18)22(24,25)26)15-19(16-9-3-1-4-10-16)17-11-5-2-6-12-17/h1-15,19H/b21-15+. The van der Waals surface area contributed by atoms with E-state index in [4.69, 9.17) is 0 Å². The van der Waals surface area contributed by atoms with Crippen molar-refractivity contribution >= 4 is 20.4 Å². The van der Waals surface area contributed by atoms with Gasteiger partial charge in [0.25, 0.3) is 0 Å². The van der Waals surface area contributed by atoms with Crippen LogP contribution < -0.4 is 0 Å². The van der Waals surface area contributed by atoms with Crippen LogP contribution in [0, 0.1) is 0 Å². The summed E-state index contributed by atoms with van der Waals surface area (Å²) in [5.41, 5.74) is 1.51. The molecule has 0 aliphatic rings. The predicted octanol–water partition coefficient (Wildman–Crippen LogP) is 7.27. The van der Waals surface area contributed by atoms with Gasteiger partial charge in [-0.2, -0.15) is 13.2 Å². The number of rotatable bonds is 4. The van der Waals surface area contributed by atoms with Gasteiger partial charge in [0.1, 0.15) is 0 Å². The fourth-order valence-corrected chi connectivity index (χ4v) is 3.49. The minimum absolute atomic E-state index is 0.136. The monoisotopic (exact) mass is 416 g/mol. The Hall–Kier alpha value is -2.33. The highest BCUT2D eigenvalue weighted by Crippen LogP contribution is 2.39.